The van der Waals surface area contributed by atoms with Crippen LogP contribution in [0.2, 0.25) is 0 Å². The molecule has 1 atom stereocenters. The Morgan fingerprint density at radius 1 is 1.06 bits per heavy atom. The van der Waals surface area contributed by atoms with Gasteiger partial charge in [0.1, 0.15) is 6.07 Å². The second kappa shape index (κ2) is 3.27. The van der Waals surface area contributed by atoms with Crippen LogP contribution in [0.4, 0.5) is 18.9 Å². The minimum Gasteiger partial charge on any atom is -0.261 e. The Kier molecular flexibility index (Phi) is 2.16. The Bertz CT molecular complexity index is 464. The normalized spacial score (nSPS) is 26.8. The van der Waals surface area contributed by atoms with Gasteiger partial charge in [-0.2, -0.15) is 18.4 Å². The SMILES string of the molecule is N#CC1(F)C=CC(F)(F)N1c1ccccc1. The fraction of sp³-hybridized carbons (Fsp3) is 0.182. The summed E-state index contributed by atoms with van der Waals surface area (Å²) >= 11 is 0. The number of hydrogen-bond acceptors (Lipinski definition) is 2. The van der Waals surface area contributed by atoms with E-state index < -0.39 is 11.8 Å². The molecule has 0 radical (unpaired) electrons. The standard InChI is InChI=1S/C11H7F3N2/c12-10(8-15)6-7-11(13,14)16(10)9-4-2-1-3-5-9/h1-7H. The van der Waals surface area contributed by atoms with E-state index in [-0.39, 0.29) is 10.6 Å². The Morgan fingerprint density at radius 3 is 2.25 bits per heavy atom. The smallest absolute Gasteiger partial charge is 0.261 e. The van der Waals surface area contributed by atoms with Crippen molar-refractivity contribution >= 4 is 5.69 Å². The zero-order valence-corrected chi connectivity index (χ0v) is 8.07. The minimum absolute atomic E-state index is 0.0402. The largest absolute Gasteiger partial charge is 0.349 e. The van der Waals surface area contributed by atoms with E-state index in [1.54, 1.807) is 6.07 Å². The van der Waals surface area contributed by atoms with E-state index in [2.05, 4.69) is 0 Å². The summed E-state index contributed by atoms with van der Waals surface area (Å²) in [6, 6.07) is 5.02. The molecule has 0 aliphatic carbocycles. The van der Waals surface area contributed by atoms with Crippen molar-refractivity contribution in [2.45, 2.75) is 11.8 Å². The number of benzene rings is 1. The van der Waals surface area contributed by atoms with Crippen LogP contribution >= 0.6 is 0 Å². The number of para-hydroxylation sites is 1. The molecule has 1 aromatic rings. The molecule has 0 spiro atoms. The molecular formula is C11H7F3N2. The lowest BCUT2D eigenvalue weighted by Gasteiger charge is -2.31. The van der Waals surface area contributed by atoms with Gasteiger partial charge < -0.3 is 0 Å². The van der Waals surface area contributed by atoms with Gasteiger partial charge in [0, 0.05) is 11.8 Å². The van der Waals surface area contributed by atoms with Gasteiger partial charge >= 0.3 is 6.05 Å². The molecule has 5 heteroatoms. The molecule has 1 aliphatic heterocycles. The fourth-order valence-electron chi connectivity index (χ4n) is 1.60. The summed E-state index contributed by atoms with van der Waals surface area (Å²) in [5, 5.41) is 8.64. The molecule has 2 rings (SSSR count). The first-order chi connectivity index (χ1) is 7.49. The molecule has 16 heavy (non-hydrogen) atoms. The molecular weight excluding hydrogens is 217 g/mol. The average molecular weight is 224 g/mol. The summed E-state index contributed by atoms with van der Waals surface area (Å²) in [6.45, 7) is 0. The van der Waals surface area contributed by atoms with Crippen LogP contribution < -0.4 is 4.90 Å². The summed E-state index contributed by atoms with van der Waals surface area (Å²) in [4.78, 5) is 0.153. The van der Waals surface area contributed by atoms with Crippen molar-refractivity contribution in [1.82, 2.24) is 0 Å². The second-order valence-electron chi connectivity index (χ2n) is 3.38. The van der Waals surface area contributed by atoms with Gasteiger partial charge in [0.15, 0.2) is 0 Å². The van der Waals surface area contributed by atoms with E-state index in [1.807, 2.05) is 0 Å². The molecule has 0 fully saturated rings. The highest BCUT2D eigenvalue weighted by atomic mass is 19.3. The van der Waals surface area contributed by atoms with E-state index in [0.717, 1.165) is 0 Å². The number of nitrogens with zero attached hydrogens (tertiary/aromatic N) is 2. The topological polar surface area (TPSA) is 27.0 Å². The third-order valence-corrected chi connectivity index (χ3v) is 2.30. The maximum atomic E-state index is 13.9. The van der Waals surface area contributed by atoms with Gasteiger partial charge in [-0.15, -0.1) is 0 Å². The van der Waals surface area contributed by atoms with Crippen molar-refractivity contribution in [1.29, 1.82) is 5.26 Å². The average Bonchev–Trinajstić information content (AvgIpc) is 2.52. The monoisotopic (exact) mass is 224 g/mol. The predicted octanol–water partition coefficient (Wildman–Crippen LogP) is 2.84. The highest BCUT2D eigenvalue weighted by Gasteiger charge is 2.53. The second-order valence-corrected chi connectivity index (χ2v) is 3.38. The van der Waals surface area contributed by atoms with Crippen LogP contribution in [0.1, 0.15) is 0 Å². The van der Waals surface area contributed by atoms with Crippen molar-refractivity contribution in [3.05, 3.63) is 42.5 Å². The Morgan fingerprint density at radius 2 is 1.69 bits per heavy atom. The molecule has 1 unspecified atom stereocenters. The summed E-state index contributed by atoms with van der Waals surface area (Å²) in [5.41, 5.74) is -0.0402. The van der Waals surface area contributed by atoms with Gasteiger partial charge in [0.05, 0.1) is 0 Å². The fourth-order valence-corrected chi connectivity index (χ4v) is 1.60. The molecule has 0 bridgehead atoms. The number of anilines is 1. The van der Waals surface area contributed by atoms with Crippen molar-refractivity contribution in [3.8, 4) is 6.07 Å². The van der Waals surface area contributed by atoms with Crippen LogP contribution in [0.15, 0.2) is 42.5 Å². The number of halogens is 3. The molecule has 1 aromatic carbocycles. The highest BCUT2D eigenvalue weighted by Crippen LogP contribution is 2.41. The number of hydrogen-bond donors (Lipinski definition) is 0. The molecule has 0 amide bonds. The number of alkyl halides is 3. The third kappa shape index (κ3) is 1.43. The molecule has 0 saturated heterocycles. The van der Waals surface area contributed by atoms with E-state index in [9.17, 15) is 13.2 Å². The summed E-state index contributed by atoms with van der Waals surface area (Å²) in [6.07, 6.45) is 0.962. The maximum absolute atomic E-state index is 13.9. The molecule has 0 saturated carbocycles. The summed E-state index contributed by atoms with van der Waals surface area (Å²) in [5.74, 6) is -2.80. The lowest BCUT2D eigenvalue weighted by Crippen LogP contribution is -2.48. The molecule has 2 nitrogen and oxygen atoms in total. The zero-order chi connectivity index (χ0) is 11.8. The van der Waals surface area contributed by atoms with Crippen molar-refractivity contribution in [2.24, 2.45) is 0 Å². The molecule has 1 heterocycles. The summed E-state index contributed by atoms with van der Waals surface area (Å²) in [7, 11) is 0. The van der Waals surface area contributed by atoms with E-state index in [4.69, 9.17) is 5.26 Å². The van der Waals surface area contributed by atoms with Gasteiger partial charge in [0.25, 0.3) is 5.79 Å². The van der Waals surface area contributed by atoms with Gasteiger partial charge in [-0.05, 0) is 18.2 Å². The quantitative estimate of drug-likeness (QED) is 0.541. The van der Waals surface area contributed by atoms with Gasteiger partial charge in [-0.25, -0.2) is 0 Å². The van der Waals surface area contributed by atoms with Crippen LogP contribution in [0.3, 0.4) is 0 Å². The Hall–Kier alpha value is -1.96. The molecule has 1 aliphatic rings. The maximum Gasteiger partial charge on any atom is 0.349 e. The first kappa shape index (κ1) is 10.6. The lowest BCUT2D eigenvalue weighted by atomic mass is 10.2. The first-order valence-corrected chi connectivity index (χ1v) is 4.53. The summed E-state index contributed by atoms with van der Waals surface area (Å²) < 4.78 is 40.7. The van der Waals surface area contributed by atoms with Crippen LogP contribution in [0, 0.1) is 11.3 Å². The number of rotatable bonds is 1. The molecule has 0 aromatic heterocycles. The first-order valence-electron chi connectivity index (χ1n) is 4.53. The van der Waals surface area contributed by atoms with E-state index >= 15 is 0 Å². The predicted molar refractivity (Wildman–Crippen MR) is 52.5 cm³/mol. The van der Waals surface area contributed by atoms with Crippen molar-refractivity contribution in [2.75, 3.05) is 4.90 Å². The van der Waals surface area contributed by atoms with Crippen molar-refractivity contribution in [3.63, 3.8) is 0 Å². The Labute approximate surface area is 90.2 Å². The highest BCUT2D eigenvalue weighted by molar-refractivity contribution is 5.57. The van der Waals surface area contributed by atoms with Crippen LogP contribution in [-0.4, -0.2) is 11.8 Å². The zero-order valence-electron chi connectivity index (χ0n) is 8.07. The lowest BCUT2D eigenvalue weighted by molar-refractivity contribution is 0.0335. The van der Waals surface area contributed by atoms with Crippen LogP contribution in [0.5, 0.6) is 0 Å². The number of nitriles is 1. The van der Waals surface area contributed by atoms with E-state index in [0.29, 0.717) is 12.2 Å². The van der Waals surface area contributed by atoms with Crippen molar-refractivity contribution < 1.29 is 13.2 Å². The molecule has 82 valence electrons. The van der Waals surface area contributed by atoms with Gasteiger partial charge in [0.2, 0.25) is 0 Å². The Balaban J connectivity index is 2.51. The molecule has 0 N–H and O–H groups in total. The van der Waals surface area contributed by atoms with Crippen LogP contribution in [0.25, 0.3) is 0 Å². The van der Waals surface area contributed by atoms with Gasteiger partial charge in [-0.3, -0.25) is 4.90 Å². The van der Waals surface area contributed by atoms with Crippen LogP contribution in [-0.2, 0) is 0 Å². The third-order valence-electron chi connectivity index (χ3n) is 2.30. The van der Waals surface area contributed by atoms with E-state index in [1.165, 1.54) is 30.3 Å². The van der Waals surface area contributed by atoms with Gasteiger partial charge in [-0.1, -0.05) is 18.2 Å². The minimum atomic E-state index is -3.49.